The molecular weight excluding hydrogens is 919 g/mol. The van der Waals surface area contributed by atoms with E-state index >= 15 is 0 Å². The summed E-state index contributed by atoms with van der Waals surface area (Å²) in [5.74, 6) is -2.08. The molecule has 378 valence electrons. The summed E-state index contributed by atoms with van der Waals surface area (Å²) in [7, 11) is -0.664. The van der Waals surface area contributed by atoms with Gasteiger partial charge in [0.2, 0.25) is 11.3 Å². The Morgan fingerprint density at radius 1 is 0.809 bits per heavy atom. The topological polar surface area (TPSA) is 242 Å². The van der Waals surface area contributed by atoms with E-state index in [0.29, 0.717) is 17.0 Å². The van der Waals surface area contributed by atoms with Crippen LogP contribution in [0.2, 0.25) is 18.1 Å². The Balaban J connectivity index is 1.98. The average molecular weight is 990 g/mol. The highest BCUT2D eigenvalue weighted by Crippen LogP contribution is 2.37. The number of aliphatic carboxylic acids is 1. The van der Waals surface area contributed by atoms with Crippen LogP contribution >= 0.6 is 11.3 Å². The number of carboxylic acid groups (broad SMARTS) is 1. The number of hydrogen-bond donors (Lipinski definition) is 3. The van der Waals surface area contributed by atoms with Crippen LogP contribution in [-0.2, 0) is 51.4 Å². The second-order valence-corrected chi connectivity index (χ2v) is 27.0. The Hall–Kier alpha value is -5.74. The van der Waals surface area contributed by atoms with Gasteiger partial charge in [0.25, 0.3) is 6.10 Å². The number of carbonyl (C=O) groups excluding carboxylic acids is 4. The van der Waals surface area contributed by atoms with Gasteiger partial charge in [-0.05, 0) is 131 Å². The lowest BCUT2D eigenvalue weighted by Gasteiger charge is -2.39. The summed E-state index contributed by atoms with van der Waals surface area (Å²) < 4.78 is 38.2. The molecule has 0 saturated heterocycles. The number of hydrogen-bond acceptors (Lipinski definition) is 15. The molecule has 1 unspecified atom stereocenters. The molecule has 20 nitrogen and oxygen atoms in total. The number of alkyl carbamates (subject to hydrolysis) is 1. The molecule has 0 fully saturated rings. The maximum absolute atomic E-state index is 13.3. The van der Waals surface area contributed by atoms with E-state index in [1.54, 1.807) is 124 Å². The smallest absolute Gasteiger partial charge is 0.437 e. The number of amides is 3. The van der Waals surface area contributed by atoms with Crippen molar-refractivity contribution in [3.63, 3.8) is 0 Å². The number of nitrogens with one attached hydrogen (secondary N) is 2. The van der Waals surface area contributed by atoms with Crippen molar-refractivity contribution in [3.8, 4) is 17.0 Å². The van der Waals surface area contributed by atoms with Crippen molar-refractivity contribution in [1.29, 1.82) is 0 Å². The number of carboxylic acids is 1. The van der Waals surface area contributed by atoms with Crippen LogP contribution < -0.4 is 21.0 Å². The summed E-state index contributed by atoms with van der Waals surface area (Å²) in [6.45, 7) is 31.0. The van der Waals surface area contributed by atoms with Crippen LogP contribution in [0.1, 0.15) is 110 Å². The highest BCUT2D eigenvalue weighted by Gasteiger charge is 2.40. The van der Waals surface area contributed by atoms with Crippen LogP contribution in [0.15, 0.2) is 46.0 Å². The molecule has 2 atom stereocenters. The number of anilines is 1. The number of benzene rings is 1. The summed E-state index contributed by atoms with van der Waals surface area (Å²) in [6, 6.07) is 6.82. The van der Waals surface area contributed by atoms with E-state index in [1.807, 2.05) is 6.20 Å². The van der Waals surface area contributed by atoms with Crippen molar-refractivity contribution in [2.75, 3.05) is 18.5 Å². The molecular formula is C46H71N7O13SSi. The van der Waals surface area contributed by atoms with Crippen LogP contribution in [0.5, 0.6) is 5.75 Å². The molecule has 3 amide bonds. The number of ether oxygens (including phenoxy) is 5. The zero-order valence-corrected chi connectivity index (χ0v) is 44.5. The molecule has 3 aromatic rings. The number of thiazole rings is 1. The molecule has 2 heterocycles. The van der Waals surface area contributed by atoms with E-state index in [0.717, 1.165) is 11.3 Å². The zero-order chi connectivity index (χ0) is 51.8. The van der Waals surface area contributed by atoms with Gasteiger partial charge in [0.1, 0.15) is 40.5 Å². The highest BCUT2D eigenvalue weighted by molar-refractivity contribution is 7.14. The monoisotopic (exact) mass is 989 g/mol. The highest BCUT2D eigenvalue weighted by atomic mass is 32.1. The molecule has 0 spiro atoms. The van der Waals surface area contributed by atoms with Gasteiger partial charge in [-0.3, -0.25) is 5.32 Å². The van der Waals surface area contributed by atoms with Gasteiger partial charge in [0.15, 0.2) is 13.4 Å². The summed E-state index contributed by atoms with van der Waals surface area (Å²) in [4.78, 5) is 77.9. The molecule has 0 aliphatic rings. The summed E-state index contributed by atoms with van der Waals surface area (Å²) in [5.41, 5.74) is -2.46. The molecule has 3 N–H and O–H groups in total. The number of imidazole rings is 1. The minimum atomic E-state index is -2.41. The minimum absolute atomic E-state index is 0.0462. The Morgan fingerprint density at radius 3 is 1.90 bits per heavy atom. The molecule has 68 heavy (non-hydrogen) atoms. The largest absolute Gasteiger partial charge is 0.489 e. The second-order valence-electron chi connectivity index (χ2n) is 21.4. The summed E-state index contributed by atoms with van der Waals surface area (Å²) in [5, 5.41) is 20.3. The van der Waals surface area contributed by atoms with Crippen LogP contribution in [-0.4, -0.2) is 111 Å². The Bertz CT molecular complexity index is 2350. The lowest BCUT2D eigenvalue weighted by atomic mass is 10.1. The van der Waals surface area contributed by atoms with E-state index in [2.05, 4.69) is 59.6 Å². The van der Waals surface area contributed by atoms with E-state index in [1.165, 1.54) is 5.38 Å². The van der Waals surface area contributed by atoms with Gasteiger partial charge in [-0.25, -0.2) is 29.0 Å². The standard InChI is InChI=1S/C46H71N7O13SSi/c1-42(2,3)61-36(56)33(65-51-34(35(54)55)31-27-67-37(48-31)49-40(58)63-44(7,8)9)26-60-29-21-19-28(20-22-29)32-25-53(38(52(32)16)50-41(59)64-45(10,11)12)24-30(66-68(17,18)46(13,14)15)23-47-39(57)62-43(4,5)6/h19-22,25,27,30,33H,23-24,26H2,1-18H3,(H,47,57)(H,54,55)(H,48,49,58)/b50-38-,51-34-/t30?,33-/m0/s1. The van der Waals surface area contributed by atoms with Gasteiger partial charge in [0, 0.05) is 25.2 Å². The van der Waals surface area contributed by atoms with Gasteiger partial charge >= 0.3 is 30.2 Å². The molecule has 0 bridgehead atoms. The maximum atomic E-state index is 13.3. The van der Waals surface area contributed by atoms with Gasteiger partial charge in [-0.2, -0.15) is 0 Å². The molecule has 0 saturated carbocycles. The van der Waals surface area contributed by atoms with Crippen LogP contribution in [0.4, 0.5) is 19.5 Å². The van der Waals surface area contributed by atoms with E-state index in [-0.39, 0.29) is 34.6 Å². The van der Waals surface area contributed by atoms with Crippen LogP contribution in [0, 0.1) is 0 Å². The quantitative estimate of drug-likeness (QED) is 0.0400. The molecule has 0 aliphatic heterocycles. The Labute approximate surface area is 403 Å². The van der Waals surface area contributed by atoms with E-state index in [4.69, 9.17) is 32.9 Å². The lowest BCUT2D eigenvalue weighted by Crippen LogP contribution is -2.49. The van der Waals surface area contributed by atoms with Crippen molar-refractivity contribution >= 4 is 60.7 Å². The van der Waals surface area contributed by atoms with Crippen molar-refractivity contribution < 1.29 is 62.0 Å². The maximum Gasteiger partial charge on any atom is 0.437 e. The molecule has 0 radical (unpaired) electrons. The van der Waals surface area contributed by atoms with E-state index < -0.39 is 85.5 Å². The van der Waals surface area contributed by atoms with Crippen LogP contribution in [0.3, 0.4) is 0 Å². The first kappa shape index (κ1) is 56.6. The molecule has 3 rings (SSSR count). The van der Waals surface area contributed by atoms with Gasteiger partial charge < -0.3 is 52.5 Å². The predicted molar refractivity (Wildman–Crippen MR) is 259 cm³/mol. The van der Waals surface area contributed by atoms with Gasteiger partial charge in [-0.1, -0.05) is 25.9 Å². The second kappa shape index (κ2) is 22.1. The number of aromatic nitrogens is 3. The zero-order valence-electron chi connectivity index (χ0n) is 42.7. The van der Waals surface area contributed by atoms with Crippen molar-refractivity contribution in [3.05, 3.63) is 47.2 Å². The predicted octanol–water partition coefficient (Wildman–Crippen LogP) is 8.64. The van der Waals surface area contributed by atoms with Crippen molar-refractivity contribution in [1.82, 2.24) is 19.4 Å². The third-order valence-corrected chi connectivity index (χ3v) is 14.7. The third kappa shape index (κ3) is 18.7. The first-order chi connectivity index (χ1) is 30.9. The first-order valence-electron chi connectivity index (χ1n) is 22.0. The SMILES string of the molecule is Cn1c(-c2ccc(OC[C@H](O/N=C(\C(=O)O)c3csc(NC(=O)OC(C)(C)C)n3)C(=O)OC(C)(C)C)cc2)cn(CC(CNC(=O)OC(C)(C)C)O[Si](C)(C)C(C)(C)C)/c1=N\C(=O)OC(C)(C)C. The molecule has 22 heteroatoms. The number of esters is 1. The number of oxime groups is 1. The molecule has 2 aromatic heterocycles. The number of rotatable bonds is 16. The fraction of sp³-hybridized carbons (Fsp3) is 0.609. The van der Waals surface area contributed by atoms with Gasteiger partial charge in [0.05, 0.1) is 18.3 Å². The van der Waals surface area contributed by atoms with Crippen molar-refractivity contribution in [2.24, 2.45) is 17.2 Å². The normalized spacial score (nSPS) is 14.1. The first-order valence-corrected chi connectivity index (χ1v) is 25.8. The average Bonchev–Trinajstić information content (AvgIpc) is 3.71. The Morgan fingerprint density at radius 2 is 1.37 bits per heavy atom. The fourth-order valence-corrected chi connectivity index (χ4v) is 7.54. The van der Waals surface area contributed by atoms with Gasteiger partial charge in [-0.15, -0.1) is 16.3 Å². The van der Waals surface area contributed by atoms with E-state index in [9.17, 15) is 29.1 Å². The Kier molecular flexibility index (Phi) is 18.4. The van der Waals surface area contributed by atoms with Crippen molar-refractivity contribution in [2.45, 2.75) is 163 Å². The summed E-state index contributed by atoms with van der Waals surface area (Å²) >= 11 is 0.931. The molecule has 1 aromatic carbocycles. The minimum Gasteiger partial charge on any atom is -0.489 e. The van der Waals surface area contributed by atoms with Crippen LogP contribution in [0.25, 0.3) is 11.3 Å². The molecule has 0 aliphatic carbocycles. The summed E-state index contributed by atoms with van der Waals surface area (Å²) in [6.07, 6.45) is -2.46. The number of nitrogens with zero attached hydrogens (tertiary/aromatic N) is 5. The lowest BCUT2D eigenvalue weighted by molar-refractivity contribution is -0.170. The fourth-order valence-electron chi connectivity index (χ4n) is 5.51. The third-order valence-electron chi connectivity index (χ3n) is 9.37. The number of carbonyl (C=O) groups is 5.